The second-order valence-electron chi connectivity index (χ2n) is 13.6. The van der Waals surface area contributed by atoms with Crippen LogP contribution in [0.4, 0.5) is 0 Å². The van der Waals surface area contributed by atoms with E-state index in [4.69, 9.17) is 29.2 Å². The molecule has 1 aromatic rings. The SMILES string of the molecule is COCC1(COC(OP2(=O)CC2(N)C(=O)OCc2ccccc2)[C@@]2(COC)C(=O)C3CCN2[C@H](C)C3)C(=O)C2CCN1C(C)C2. The van der Waals surface area contributed by atoms with Gasteiger partial charge in [0.1, 0.15) is 12.1 Å². The van der Waals surface area contributed by atoms with E-state index < -0.39 is 36.0 Å². The quantitative estimate of drug-likeness (QED) is 0.190. The van der Waals surface area contributed by atoms with E-state index in [0.29, 0.717) is 25.9 Å². The first kappa shape index (κ1) is 32.9. The van der Waals surface area contributed by atoms with Gasteiger partial charge in [0.25, 0.3) is 0 Å². The Hall–Kier alpha value is -2.02. The molecule has 4 bridgehead atoms. The fourth-order valence-corrected chi connectivity index (χ4v) is 10.6. The van der Waals surface area contributed by atoms with Crippen LogP contribution in [0, 0.1) is 11.8 Å². The highest BCUT2D eigenvalue weighted by molar-refractivity contribution is 7.70. The number of carbonyl (C=O) groups is 3. The molecule has 1 aromatic carbocycles. The van der Waals surface area contributed by atoms with Crippen LogP contribution in [0.1, 0.15) is 45.1 Å². The van der Waals surface area contributed by atoms with Crippen LogP contribution in [0.25, 0.3) is 0 Å². The second-order valence-corrected chi connectivity index (χ2v) is 16.3. The van der Waals surface area contributed by atoms with Gasteiger partial charge in [-0.1, -0.05) is 30.3 Å². The van der Waals surface area contributed by atoms with Gasteiger partial charge in [-0.05, 0) is 45.1 Å². The van der Waals surface area contributed by atoms with Gasteiger partial charge in [-0.2, -0.15) is 0 Å². The Labute approximate surface area is 264 Å². The molecule has 0 radical (unpaired) electrons. The zero-order valence-corrected chi connectivity index (χ0v) is 27.5. The molecule has 7 aliphatic rings. The number of hydrogen-bond donors (Lipinski definition) is 1. The van der Waals surface area contributed by atoms with Gasteiger partial charge in [0.05, 0.1) is 26.0 Å². The summed E-state index contributed by atoms with van der Waals surface area (Å²) >= 11 is 0. The highest BCUT2D eigenvalue weighted by Crippen LogP contribution is 2.75. The third kappa shape index (κ3) is 5.26. The second kappa shape index (κ2) is 12.2. The molecule has 7 aliphatic heterocycles. The number of piperidine rings is 6. The lowest BCUT2D eigenvalue weighted by molar-refractivity contribution is -0.232. The number of fused-ring (bicyclic) bond motifs is 6. The maximum absolute atomic E-state index is 14.3. The van der Waals surface area contributed by atoms with Crippen LogP contribution in [-0.2, 0) is 49.0 Å². The van der Waals surface area contributed by atoms with Crippen molar-refractivity contribution in [2.75, 3.05) is 53.3 Å². The molecule has 0 aromatic heterocycles. The zero-order chi connectivity index (χ0) is 32.2. The summed E-state index contributed by atoms with van der Waals surface area (Å²) in [6.45, 7) is 5.26. The van der Waals surface area contributed by atoms with Gasteiger partial charge in [-0.3, -0.25) is 28.5 Å². The van der Waals surface area contributed by atoms with Crippen molar-refractivity contribution in [1.29, 1.82) is 0 Å². The number of benzene rings is 1. The lowest BCUT2D eigenvalue weighted by Crippen LogP contribution is -2.76. The van der Waals surface area contributed by atoms with Crippen molar-refractivity contribution in [1.82, 2.24) is 9.80 Å². The minimum Gasteiger partial charge on any atom is -0.459 e. The fourth-order valence-electron chi connectivity index (χ4n) is 8.44. The van der Waals surface area contributed by atoms with E-state index >= 15 is 0 Å². The van der Waals surface area contributed by atoms with Crippen LogP contribution in [0.3, 0.4) is 0 Å². The summed E-state index contributed by atoms with van der Waals surface area (Å²) in [6, 6.07) is 9.24. The Morgan fingerprint density at radius 2 is 1.58 bits per heavy atom. The largest absolute Gasteiger partial charge is 0.459 e. The number of nitrogens with zero attached hydrogens (tertiary/aromatic N) is 2. The molecule has 7 heterocycles. The van der Waals surface area contributed by atoms with E-state index in [2.05, 4.69) is 11.8 Å². The molecular weight excluding hydrogens is 601 g/mol. The Morgan fingerprint density at radius 1 is 0.956 bits per heavy atom. The van der Waals surface area contributed by atoms with Crippen LogP contribution in [0.15, 0.2) is 30.3 Å². The third-order valence-corrected chi connectivity index (χ3v) is 13.5. The minimum absolute atomic E-state index is 0.00561. The highest BCUT2D eigenvalue weighted by atomic mass is 31.2. The monoisotopic (exact) mass is 647 g/mol. The van der Waals surface area contributed by atoms with Crippen molar-refractivity contribution in [2.45, 2.75) is 80.9 Å². The molecule has 0 amide bonds. The minimum atomic E-state index is -3.91. The summed E-state index contributed by atoms with van der Waals surface area (Å²) in [5, 5.41) is -1.88. The number of hydrogen-bond acceptors (Lipinski definition) is 12. The zero-order valence-electron chi connectivity index (χ0n) is 26.6. The normalized spacial score (nSPS) is 42.5. The van der Waals surface area contributed by atoms with Gasteiger partial charge in [0.2, 0.25) is 12.6 Å². The summed E-state index contributed by atoms with van der Waals surface area (Å²) in [5.74, 6) is -1.29. The summed E-state index contributed by atoms with van der Waals surface area (Å²) in [5.41, 5.74) is 4.65. The number of nitrogens with two attached hydrogens (primary N) is 1. The van der Waals surface area contributed by atoms with Crippen molar-refractivity contribution >= 4 is 24.9 Å². The van der Waals surface area contributed by atoms with Crippen molar-refractivity contribution < 1.29 is 42.4 Å². The molecule has 2 N–H and O–H groups in total. The first-order valence-corrected chi connectivity index (χ1v) is 17.8. The van der Waals surface area contributed by atoms with Crippen LogP contribution < -0.4 is 5.73 Å². The van der Waals surface area contributed by atoms with Crippen molar-refractivity contribution in [3.05, 3.63) is 35.9 Å². The van der Waals surface area contributed by atoms with Gasteiger partial charge in [0, 0.05) is 51.2 Å². The maximum atomic E-state index is 14.3. The van der Waals surface area contributed by atoms with E-state index in [0.717, 1.165) is 18.4 Å². The Bertz CT molecular complexity index is 1360. The molecule has 8 rings (SSSR count). The van der Waals surface area contributed by atoms with E-state index in [1.807, 2.05) is 42.2 Å². The Balaban J connectivity index is 1.32. The fraction of sp³-hybridized carbons (Fsp3) is 0.719. The number of esters is 1. The van der Waals surface area contributed by atoms with Gasteiger partial charge in [-0.15, -0.1) is 0 Å². The number of Topliss-reactive ketones (excluding diaryl/α,β-unsaturated/α-hetero) is 2. The average molecular weight is 648 g/mol. The van der Waals surface area contributed by atoms with Gasteiger partial charge < -0.3 is 24.7 Å². The predicted molar refractivity (Wildman–Crippen MR) is 163 cm³/mol. The van der Waals surface area contributed by atoms with Crippen LogP contribution in [0.2, 0.25) is 0 Å². The lowest BCUT2D eigenvalue weighted by Gasteiger charge is -2.58. The number of ketones is 2. The number of ether oxygens (including phenoxy) is 4. The molecule has 0 aliphatic carbocycles. The average Bonchev–Trinajstić information content (AvgIpc) is 3.59. The summed E-state index contributed by atoms with van der Waals surface area (Å²) < 4.78 is 44.0. The predicted octanol–water partition coefficient (Wildman–Crippen LogP) is 2.17. The molecule has 7 saturated heterocycles. The van der Waals surface area contributed by atoms with Crippen LogP contribution in [0.5, 0.6) is 0 Å². The van der Waals surface area contributed by atoms with Gasteiger partial charge in [-0.25, -0.2) is 4.79 Å². The van der Waals surface area contributed by atoms with Gasteiger partial charge >= 0.3 is 5.97 Å². The topological polar surface area (TPSA) is 147 Å². The summed E-state index contributed by atoms with van der Waals surface area (Å²) in [7, 11) is -0.861. The van der Waals surface area contributed by atoms with E-state index in [1.54, 1.807) is 7.11 Å². The van der Waals surface area contributed by atoms with Crippen molar-refractivity contribution in [3.63, 3.8) is 0 Å². The maximum Gasteiger partial charge on any atom is 0.337 e. The molecule has 11 atom stereocenters. The first-order chi connectivity index (χ1) is 21.5. The summed E-state index contributed by atoms with van der Waals surface area (Å²) in [4.78, 5) is 45.5. The van der Waals surface area contributed by atoms with Crippen LogP contribution >= 0.6 is 7.37 Å². The molecule has 45 heavy (non-hydrogen) atoms. The molecular formula is C32H46N3O9P. The molecule has 12 nitrogen and oxygen atoms in total. The smallest absolute Gasteiger partial charge is 0.337 e. The molecule has 7 fully saturated rings. The summed E-state index contributed by atoms with van der Waals surface area (Å²) in [6.07, 6.45) is 1.22. The number of methoxy groups -OCH3 is 2. The van der Waals surface area contributed by atoms with E-state index in [-0.39, 0.29) is 68.1 Å². The van der Waals surface area contributed by atoms with Crippen LogP contribution in [-0.4, -0.2) is 115 Å². The molecule has 13 heteroatoms. The lowest BCUT2D eigenvalue weighted by atomic mass is 9.70. The first-order valence-electron chi connectivity index (χ1n) is 15.9. The van der Waals surface area contributed by atoms with Crippen molar-refractivity contribution in [3.8, 4) is 0 Å². The Morgan fingerprint density at radius 3 is 2.20 bits per heavy atom. The van der Waals surface area contributed by atoms with E-state index in [9.17, 15) is 18.9 Å². The Kier molecular flexibility index (Phi) is 8.93. The standard InChI is InChI=1S/C32H46N3O9P/c1-21-14-24-10-12-34(21)30(17-40-3,26(24)36)18-43-29(31(19-41-4)27(37)25-11-13-35(31)22(2)15-25)44-45(39)20-32(45,33)28(38)42-16-23-8-6-5-7-9-23/h5-9,21-22,24-25,29H,10-20,33H2,1-4H3/t21?,22-,24?,25?,29?,30?,31-,32?,45?/m1/s1. The number of rotatable bonds is 13. The van der Waals surface area contributed by atoms with E-state index in [1.165, 1.54) is 7.11 Å². The molecule has 0 saturated carbocycles. The molecule has 248 valence electrons. The molecule has 0 spiro atoms. The van der Waals surface area contributed by atoms with Crippen molar-refractivity contribution in [2.24, 2.45) is 17.6 Å². The third-order valence-electron chi connectivity index (χ3n) is 10.8. The molecule has 9 unspecified atom stereocenters. The number of carbonyl (C=O) groups excluding carboxylic acids is 3. The van der Waals surface area contributed by atoms with Gasteiger partial charge in [0.15, 0.2) is 23.4 Å². The highest BCUT2D eigenvalue weighted by Gasteiger charge is 2.74.